The molecule has 3 rings (SSSR count). The predicted molar refractivity (Wildman–Crippen MR) is 76.2 cm³/mol. The van der Waals surface area contributed by atoms with Gasteiger partial charge in [0.05, 0.1) is 12.2 Å². The molecule has 1 aromatic rings. The number of piperazine rings is 1. The van der Waals surface area contributed by atoms with E-state index in [-0.39, 0.29) is 30.1 Å². The van der Waals surface area contributed by atoms with Gasteiger partial charge in [-0.05, 0) is 30.5 Å². The highest BCUT2D eigenvalue weighted by Crippen LogP contribution is 2.29. The number of rotatable bonds is 4. The van der Waals surface area contributed by atoms with Gasteiger partial charge in [0.2, 0.25) is 11.8 Å². The minimum absolute atomic E-state index is 0.0483. The number of hydrogen-bond donors (Lipinski definition) is 2. The smallest absolute Gasteiger partial charge is 0.239 e. The molecule has 0 atom stereocenters. The van der Waals surface area contributed by atoms with Gasteiger partial charge in [-0.15, -0.1) is 0 Å². The summed E-state index contributed by atoms with van der Waals surface area (Å²) in [5.41, 5.74) is 1.16. The van der Waals surface area contributed by atoms with E-state index >= 15 is 0 Å². The third kappa shape index (κ3) is 3.32. The molecule has 1 aromatic carbocycles. The molecule has 21 heavy (non-hydrogen) atoms. The summed E-state index contributed by atoms with van der Waals surface area (Å²) in [7, 11) is 0. The van der Waals surface area contributed by atoms with E-state index in [0.717, 1.165) is 18.4 Å². The highest BCUT2D eigenvalue weighted by Gasteiger charge is 2.29. The van der Waals surface area contributed by atoms with Crippen LogP contribution in [0.5, 0.6) is 0 Å². The Hall–Kier alpha value is -2.11. The first kappa shape index (κ1) is 13.9. The number of nitrogens with zero attached hydrogens (tertiary/aromatic N) is 1. The lowest BCUT2D eigenvalue weighted by atomic mass is 10.1. The predicted octanol–water partition coefficient (Wildman–Crippen LogP) is 0.788. The van der Waals surface area contributed by atoms with E-state index in [1.54, 1.807) is 17.0 Å². The lowest BCUT2D eigenvalue weighted by Gasteiger charge is -2.29. The van der Waals surface area contributed by atoms with Crippen LogP contribution in [0.25, 0.3) is 0 Å². The summed E-state index contributed by atoms with van der Waals surface area (Å²) in [6.45, 7) is 1.64. The Labute approximate surface area is 122 Å². The van der Waals surface area contributed by atoms with Gasteiger partial charge in [-0.1, -0.05) is 6.07 Å². The van der Waals surface area contributed by atoms with Gasteiger partial charge < -0.3 is 15.5 Å². The van der Waals surface area contributed by atoms with Crippen LogP contribution in [0.3, 0.4) is 0 Å². The van der Waals surface area contributed by atoms with Gasteiger partial charge in [0.25, 0.3) is 0 Å². The SMILES string of the molecule is O=C1CN(c2ccc(CNC(=O)C3CC3)cc2F)CCN1. The molecule has 6 heteroatoms. The lowest BCUT2D eigenvalue weighted by Crippen LogP contribution is -2.48. The Morgan fingerprint density at radius 2 is 2.24 bits per heavy atom. The largest absolute Gasteiger partial charge is 0.358 e. The van der Waals surface area contributed by atoms with Crippen LogP contribution in [0.15, 0.2) is 18.2 Å². The fourth-order valence-corrected chi connectivity index (χ4v) is 2.44. The monoisotopic (exact) mass is 291 g/mol. The highest BCUT2D eigenvalue weighted by molar-refractivity contribution is 5.82. The first-order chi connectivity index (χ1) is 10.1. The molecule has 0 bridgehead atoms. The maximum absolute atomic E-state index is 14.2. The number of nitrogens with one attached hydrogen (secondary N) is 2. The maximum Gasteiger partial charge on any atom is 0.239 e. The van der Waals surface area contributed by atoms with Crippen LogP contribution in [-0.4, -0.2) is 31.4 Å². The van der Waals surface area contributed by atoms with Crippen LogP contribution in [0, 0.1) is 11.7 Å². The molecule has 0 aromatic heterocycles. The molecule has 2 amide bonds. The normalized spacial score (nSPS) is 18.3. The highest BCUT2D eigenvalue weighted by atomic mass is 19.1. The third-order valence-electron chi connectivity index (χ3n) is 3.81. The molecule has 2 fully saturated rings. The van der Waals surface area contributed by atoms with Crippen LogP contribution in [0.2, 0.25) is 0 Å². The molecule has 1 heterocycles. The fraction of sp³-hybridized carbons (Fsp3) is 0.467. The van der Waals surface area contributed by atoms with E-state index in [0.29, 0.717) is 25.3 Å². The van der Waals surface area contributed by atoms with Crippen molar-refractivity contribution < 1.29 is 14.0 Å². The molecule has 1 saturated heterocycles. The zero-order chi connectivity index (χ0) is 14.8. The molecule has 2 N–H and O–H groups in total. The molecule has 1 saturated carbocycles. The molecule has 0 spiro atoms. The van der Waals surface area contributed by atoms with Gasteiger partial charge in [-0.25, -0.2) is 4.39 Å². The van der Waals surface area contributed by atoms with Crippen molar-refractivity contribution in [1.29, 1.82) is 0 Å². The minimum Gasteiger partial charge on any atom is -0.358 e. The molecule has 1 aliphatic carbocycles. The Kier molecular flexibility index (Phi) is 3.77. The van der Waals surface area contributed by atoms with Gasteiger partial charge in [-0.3, -0.25) is 9.59 Å². The second-order valence-corrected chi connectivity index (χ2v) is 5.55. The summed E-state index contributed by atoms with van der Waals surface area (Å²) in [6.07, 6.45) is 1.91. The van der Waals surface area contributed by atoms with E-state index in [9.17, 15) is 14.0 Å². The maximum atomic E-state index is 14.2. The van der Waals surface area contributed by atoms with Gasteiger partial charge in [0.15, 0.2) is 0 Å². The number of carbonyl (C=O) groups excluding carboxylic acids is 2. The topological polar surface area (TPSA) is 61.4 Å². The number of carbonyl (C=O) groups is 2. The molecule has 1 aliphatic heterocycles. The molecule has 0 radical (unpaired) electrons. The van der Waals surface area contributed by atoms with Gasteiger partial charge in [-0.2, -0.15) is 0 Å². The van der Waals surface area contributed by atoms with Crippen LogP contribution in [0.4, 0.5) is 10.1 Å². The second-order valence-electron chi connectivity index (χ2n) is 5.55. The molecule has 2 aliphatic rings. The van der Waals surface area contributed by atoms with E-state index in [2.05, 4.69) is 10.6 Å². The van der Waals surface area contributed by atoms with Gasteiger partial charge in [0, 0.05) is 25.6 Å². The Morgan fingerprint density at radius 3 is 2.90 bits per heavy atom. The molecule has 5 nitrogen and oxygen atoms in total. The summed E-state index contributed by atoms with van der Waals surface area (Å²) in [6, 6.07) is 4.89. The number of halogens is 1. The Bertz CT molecular complexity index is 572. The van der Waals surface area contributed by atoms with Crippen molar-refractivity contribution in [1.82, 2.24) is 10.6 Å². The van der Waals surface area contributed by atoms with Crippen molar-refractivity contribution in [3.63, 3.8) is 0 Å². The van der Waals surface area contributed by atoms with E-state index in [1.165, 1.54) is 6.07 Å². The molecular weight excluding hydrogens is 273 g/mol. The molecular formula is C15H18FN3O2. The number of amides is 2. The summed E-state index contributed by atoms with van der Waals surface area (Å²) in [5.74, 6) is -0.252. The summed E-state index contributed by atoms with van der Waals surface area (Å²) in [5, 5.41) is 5.52. The Morgan fingerprint density at radius 1 is 1.43 bits per heavy atom. The molecule has 0 unspecified atom stereocenters. The van der Waals surface area contributed by atoms with Crippen LogP contribution in [0.1, 0.15) is 18.4 Å². The number of benzene rings is 1. The summed E-state index contributed by atoms with van der Waals surface area (Å²) >= 11 is 0. The van der Waals surface area contributed by atoms with E-state index < -0.39 is 0 Å². The quantitative estimate of drug-likeness (QED) is 0.862. The number of hydrogen-bond acceptors (Lipinski definition) is 3. The lowest BCUT2D eigenvalue weighted by molar-refractivity contribution is -0.122. The average molecular weight is 291 g/mol. The summed E-state index contributed by atoms with van der Waals surface area (Å²) < 4.78 is 14.2. The van der Waals surface area contributed by atoms with Crippen LogP contribution in [-0.2, 0) is 16.1 Å². The number of anilines is 1. The third-order valence-corrected chi connectivity index (χ3v) is 3.81. The zero-order valence-corrected chi connectivity index (χ0v) is 11.7. The average Bonchev–Trinajstić information content (AvgIpc) is 3.29. The van der Waals surface area contributed by atoms with Crippen molar-refractivity contribution in [2.45, 2.75) is 19.4 Å². The second kappa shape index (κ2) is 5.71. The van der Waals surface area contributed by atoms with E-state index in [4.69, 9.17) is 0 Å². The first-order valence-corrected chi connectivity index (χ1v) is 7.21. The first-order valence-electron chi connectivity index (χ1n) is 7.21. The summed E-state index contributed by atoms with van der Waals surface area (Å²) in [4.78, 5) is 24.6. The van der Waals surface area contributed by atoms with Crippen LogP contribution < -0.4 is 15.5 Å². The van der Waals surface area contributed by atoms with Gasteiger partial charge in [0.1, 0.15) is 5.82 Å². The van der Waals surface area contributed by atoms with Crippen molar-refractivity contribution in [2.24, 2.45) is 5.92 Å². The van der Waals surface area contributed by atoms with E-state index in [1.807, 2.05) is 0 Å². The van der Waals surface area contributed by atoms with Gasteiger partial charge >= 0.3 is 0 Å². The van der Waals surface area contributed by atoms with Crippen molar-refractivity contribution in [3.8, 4) is 0 Å². The van der Waals surface area contributed by atoms with Crippen LogP contribution >= 0.6 is 0 Å². The van der Waals surface area contributed by atoms with Crippen molar-refractivity contribution in [3.05, 3.63) is 29.6 Å². The minimum atomic E-state index is -0.358. The molecule has 112 valence electrons. The standard InChI is InChI=1S/C15H18FN3O2/c16-12-7-10(8-18-15(21)11-2-3-11)1-4-13(12)19-6-5-17-14(20)9-19/h1,4,7,11H,2-3,5-6,8-9H2,(H,17,20)(H,18,21). The zero-order valence-electron chi connectivity index (χ0n) is 11.7. The fourth-order valence-electron chi connectivity index (χ4n) is 2.44. The van der Waals surface area contributed by atoms with Crippen molar-refractivity contribution in [2.75, 3.05) is 24.5 Å². The Balaban J connectivity index is 1.64. The van der Waals surface area contributed by atoms with Crippen molar-refractivity contribution >= 4 is 17.5 Å².